The molecule has 0 radical (unpaired) electrons. The molecule has 0 bridgehead atoms. The van der Waals surface area contributed by atoms with E-state index >= 15 is 0 Å². The lowest BCUT2D eigenvalue weighted by Crippen LogP contribution is -2.28. The van der Waals surface area contributed by atoms with E-state index in [4.69, 9.17) is 4.74 Å². The summed E-state index contributed by atoms with van der Waals surface area (Å²) in [6, 6.07) is 5.80. The lowest BCUT2D eigenvalue weighted by atomic mass is 10.2. The zero-order chi connectivity index (χ0) is 15.2. The first kappa shape index (κ1) is 15.6. The number of ether oxygens (including phenoxy) is 1. The normalized spacial score (nSPS) is 10.9. The summed E-state index contributed by atoms with van der Waals surface area (Å²) in [4.78, 5) is 16.1. The van der Waals surface area contributed by atoms with Crippen LogP contribution in [0.4, 0.5) is 5.13 Å². The molecule has 1 aromatic carbocycles. The molecule has 1 heterocycles. The zero-order valence-corrected chi connectivity index (χ0v) is 13.4. The highest BCUT2D eigenvalue weighted by atomic mass is 32.1. The molecule has 2 N–H and O–H groups in total. The van der Waals surface area contributed by atoms with Crippen molar-refractivity contribution in [3.05, 3.63) is 18.2 Å². The number of nitrogens with one attached hydrogen (secondary N) is 2. The van der Waals surface area contributed by atoms with Crippen LogP contribution in [0.25, 0.3) is 10.2 Å². The number of carbonyl (C=O) groups excluding carboxylic acids is 1. The fourth-order valence-electron chi connectivity index (χ4n) is 1.80. The van der Waals surface area contributed by atoms with E-state index in [1.54, 1.807) is 18.4 Å². The molecular formula is C15H21N3O2S. The Balaban J connectivity index is 1.84. The molecule has 0 aliphatic rings. The second-order valence-electron chi connectivity index (χ2n) is 5.23. The number of fused-ring (bicyclic) bond motifs is 1. The average Bonchev–Trinajstić information content (AvgIpc) is 2.86. The molecule has 0 atom stereocenters. The molecule has 0 spiro atoms. The first-order chi connectivity index (χ1) is 10.1. The van der Waals surface area contributed by atoms with Gasteiger partial charge in [-0.1, -0.05) is 25.2 Å². The van der Waals surface area contributed by atoms with E-state index in [0.29, 0.717) is 18.9 Å². The van der Waals surface area contributed by atoms with E-state index in [-0.39, 0.29) is 5.91 Å². The van der Waals surface area contributed by atoms with E-state index in [1.165, 1.54) is 0 Å². The quantitative estimate of drug-likeness (QED) is 0.825. The Morgan fingerprint density at radius 3 is 2.95 bits per heavy atom. The molecule has 0 unspecified atom stereocenters. The highest BCUT2D eigenvalue weighted by Gasteiger charge is 2.06. The Bertz CT molecular complexity index is 610. The van der Waals surface area contributed by atoms with Crippen LogP contribution in [-0.4, -0.2) is 31.1 Å². The van der Waals surface area contributed by atoms with E-state index in [9.17, 15) is 4.79 Å². The molecule has 21 heavy (non-hydrogen) atoms. The molecule has 5 nitrogen and oxygen atoms in total. The van der Waals surface area contributed by atoms with Gasteiger partial charge in [-0.3, -0.25) is 4.79 Å². The molecule has 6 heteroatoms. The number of nitrogens with zero attached hydrogens (tertiary/aromatic N) is 1. The van der Waals surface area contributed by atoms with Crippen LogP contribution in [0.1, 0.15) is 20.3 Å². The number of anilines is 1. The van der Waals surface area contributed by atoms with Gasteiger partial charge in [0.15, 0.2) is 5.13 Å². The number of hydrogen-bond acceptors (Lipinski definition) is 5. The van der Waals surface area contributed by atoms with Gasteiger partial charge in [-0.25, -0.2) is 4.98 Å². The Morgan fingerprint density at radius 2 is 2.24 bits per heavy atom. The second kappa shape index (κ2) is 7.26. The van der Waals surface area contributed by atoms with Crippen LogP contribution in [0.5, 0.6) is 5.75 Å². The van der Waals surface area contributed by atoms with Gasteiger partial charge in [-0.05, 0) is 24.1 Å². The third kappa shape index (κ3) is 4.60. The summed E-state index contributed by atoms with van der Waals surface area (Å²) >= 11 is 1.56. The van der Waals surface area contributed by atoms with Crippen LogP contribution in [0, 0.1) is 5.92 Å². The maximum absolute atomic E-state index is 11.6. The van der Waals surface area contributed by atoms with E-state index in [1.807, 2.05) is 18.2 Å². The number of hydrogen-bond donors (Lipinski definition) is 2. The molecule has 2 aromatic rings. The number of amides is 1. The van der Waals surface area contributed by atoms with Gasteiger partial charge in [0.1, 0.15) is 5.75 Å². The van der Waals surface area contributed by atoms with Crippen molar-refractivity contribution in [2.75, 3.05) is 25.5 Å². The van der Waals surface area contributed by atoms with Gasteiger partial charge in [-0.2, -0.15) is 0 Å². The highest BCUT2D eigenvalue weighted by molar-refractivity contribution is 7.22. The van der Waals surface area contributed by atoms with E-state index in [2.05, 4.69) is 29.5 Å². The second-order valence-corrected chi connectivity index (χ2v) is 6.26. The molecule has 1 aromatic heterocycles. The first-order valence-corrected chi connectivity index (χ1v) is 7.85. The van der Waals surface area contributed by atoms with Crippen LogP contribution < -0.4 is 15.4 Å². The van der Waals surface area contributed by atoms with Gasteiger partial charge in [0.2, 0.25) is 5.91 Å². The van der Waals surface area contributed by atoms with Crippen LogP contribution in [-0.2, 0) is 4.79 Å². The Labute approximate surface area is 128 Å². The highest BCUT2D eigenvalue weighted by Crippen LogP contribution is 2.28. The number of methoxy groups -OCH3 is 1. The van der Waals surface area contributed by atoms with Gasteiger partial charge < -0.3 is 15.4 Å². The summed E-state index contributed by atoms with van der Waals surface area (Å²) in [7, 11) is 1.65. The van der Waals surface area contributed by atoms with Crippen molar-refractivity contribution >= 4 is 32.6 Å². The first-order valence-electron chi connectivity index (χ1n) is 7.03. The van der Waals surface area contributed by atoms with Crippen molar-refractivity contribution in [1.29, 1.82) is 0 Å². The van der Waals surface area contributed by atoms with Crippen molar-refractivity contribution in [3.8, 4) is 5.75 Å². The van der Waals surface area contributed by atoms with Crippen LogP contribution in [0.15, 0.2) is 18.2 Å². The van der Waals surface area contributed by atoms with Crippen LogP contribution in [0.3, 0.4) is 0 Å². The van der Waals surface area contributed by atoms with Crippen molar-refractivity contribution in [3.63, 3.8) is 0 Å². The third-order valence-corrected chi connectivity index (χ3v) is 3.91. The minimum Gasteiger partial charge on any atom is -0.497 e. The number of carbonyl (C=O) groups is 1. The Kier molecular flexibility index (Phi) is 5.38. The molecule has 114 valence electrons. The minimum absolute atomic E-state index is 0.0685. The Morgan fingerprint density at radius 1 is 1.43 bits per heavy atom. The standard InChI is InChI=1S/C15H21N3O2S/c1-10(2)9-17-14(19)6-7-16-15-18-12-5-4-11(20-3)8-13(12)21-15/h4-5,8,10H,6-7,9H2,1-3H3,(H,16,18)(H,17,19). The van der Waals surface area contributed by atoms with Gasteiger partial charge >= 0.3 is 0 Å². The SMILES string of the molecule is COc1ccc2nc(NCCC(=O)NCC(C)C)sc2c1. The fourth-order valence-corrected chi connectivity index (χ4v) is 2.72. The maximum Gasteiger partial charge on any atom is 0.221 e. The van der Waals surface area contributed by atoms with Crippen molar-refractivity contribution in [2.24, 2.45) is 5.92 Å². The molecule has 1 amide bonds. The van der Waals surface area contributed by atoms with E-state index < -0.39 is 0 Å². The summed E-state index contributed by atoms with van der Waals surface area (Å²) in [5, 5.41) is 6.92. The molecule has 0 saturated heterocycles. The molecule has 0 fully saturated rings. The maximum atomic E-state index is 11.6. The van der Waals surface area contributed by atoms with Gasteiger partial charge in [0.05, 0.1) is 17.3 Å². The predicted molar refractivity (Wildman–Crippen MR) is 87.1 cm³/mol. The van der Waals surface area contributed by atoms with Crippen LogP contribution in [0.2, 0.25) is 0 Å². The number of rotatable bonds is 7. The van der Waals surface area contributed by atoms with Crippen molar-refractivity contribution in [1.82, 2.24) is 10.3 Å². The summed E-state index contributed by atoms with van der Waals surface area (Å²) < 4.78 is 6.27. The molecule has 0 saturated carbocycles. The lowest BCUT2D eigenvalue weighted by molar-refractivity contribution is -0.120. The fraction of sp³-hybridized carbons (Fsp3) is 0.467. The zero-order valence-electron chi connectivity index (χ0n) is 12.6. The number of benzene rings is 1. The molecule has 0 aliphatic heterocycles. The van der Waals surface area contributed by atoms with Gasteiger partial charge in [-0.15, -0.1) is 0 Å². The minimum atomic E-state index is 0.0685. The molecule has 2 rings (SSSR count). The molecular weight excluding hydrogens is 286 g/mol. The summed E-state index contributed by atoms with van der Waals surface area (Å²) in [5.74, 6) is 1.37. The number of thiazole rings is 1. The lowest BCUT2D eigenvalue weighted by Gasteiger charge is -2.07. The monoisotopic (exact) mass is 307 g/mol. The average molecular weight is 307 g/mol. The van der Waals surface area contributed by atoms with Gasteiger partial charge in [0.25, 0.3) is 0 Å². The number of aromatic nitrogens is 1. The van der Waals surface area contributed by atoms with Crippen molar-refractivity contribution in [2.45, 2.75) is 20.3 Å². The van der Waals surface area contributed by atoms with Gasteiger partial charge in [0, 0.05) is 19.5 Å². The molecule has 0 aliphatic carbocycles. The summed E-state index contributed by atoms with van der Waals surface area (Å²) in [6.07, 6.45) is 0.450. The summed E-state index contributed by atoms with van der Waals surface area (Å²) in [5.41, 5.74) is 0.938. The van der Waals surface area contributed by atoms with Crippen molar-refractivity contribution < 1.29 is 9.53 Å². The van der Waals surface area contributed by atoms with Crippen LogP contribution >= 0.6 is 11.3 Å². The smallest absolute Gasteiger partial charge is 0.221 e. The third-order valence-electron chi connectivity index (χ3n) is 2.93. The largest absolute Gasteiger partial charge is 0.497 e. The van der Waals surface area contributed by atoms with E-state index in [0.717, 1.165) is 27.6 Å². The Hall–Kier alpha value is -1.82. The topological polar surface area (TPSA) is 63.2 Å². The predicted octanol–water partition coefficient (Wildman–Crippen LogP) is 2.88. The summed E-state index contributed by atoms with van der Waals surface area (Å²) in [6.45, 7) is 5.46.